The second-order valence-corrected chi connectivity index (χ2v) is 9.94. The Kier molecular flexibility index (Phi) is 6.17. The van der Waals surface area contributed by atoms with Crippen molar-refractivity contribution in [3.05, 3.63) is 59.9 Å². The van der Waals surface area contributed by atoms with Gasteiger partial charge in [0.1, 0.15) is 6.04 Å². The molecule has 160 valence electrons. The Morgan fingerprint density at radius 3 is 2.47 bits per heavy atom. The highest BCUT2D eigenvalue weighted by Gasteiger charge is 2.41. The number of aryl methyl sites for hydroxylation is 1. The summed E-state index contributed by atoms with van der Waals surface area (Å²) in [5, 5.41) is 0. The lowest BCUT2D eigenvalue weighted by atomic mass is 10.1. The van der Waals surface area contributed by atoms with Crippen molar-refractivity contribution in [3.8, 4) is 0 Å². The van der Waals surface area contributed by atoms with E-state index in [1.165, 1.54) is 4.31 Å². The third-order valence-corrected chi connectivity index (χ3v) is 7.85. The van der Waals surface area contributed by atoms with Gasteiger partial charge in [-0.25, -0.2) is 8.42 Å². The summed E-state index contributed by atoms with van der Waals surface area (Å²) in [6.45, 7) is 5.92. The maximum absolute atomic E-state index is 13.2. The van der Waals surface area contributed by atoms with Crippen molar-refractivity contribution in [1.29, 1.82) is 0 Å². The predicted octanol–water partition coefficient (Wildman–Crippen LogP) is 1.89. The van der Waals surface area contributed by atoms with Crippen molar-refractivity contribution in [2.24, 2.45) is 0 Å². The number of nitrogens with zero attached hydrogens (tertiary/aromatic N) is 4. The minimum atomic E-state index is -3.67. The molecule has 30 heavy (non-hydrogen) atoms. The van der Waals surface area contributed by atoms with Crippen LogP contribution in [0.1, 0.15) is 24.0 Å². The molecule has 3 heterocycles. The molecule has 0 saturated carbocycles. The molecule has 8 heteroatoms. The van der Waals surface area contributed by atoms with Crippen molar-refractivity contribution in [3.63, 3.8) is 0 Å². The molecule has 0 aliphatic carbocycles. The van der Waals surface area contributed by atoms with Gasteiger partial charge in [-0.2, -0.15) is 4.31 Å². The van der Waals surface area contributed by atoms with Crippen LogP contribution < -0.4 is 0 Å². The van der Waals surface area contributed by atoms with Gasteiger partial charge in [-0.1, -0.05) is 23.8 Å². The van der Waals surface area contributed by atoms with E-state index in [4.69, 9.17) is 0 Å². The van der Waals surface area contributed by atoms with Crippen molar-refractivity contribution in [1.82, 2.24) is 19.1 Å². The topological polar surface area (TPSA) is 73.8 Å². The van der Waals surface area contributed by atoms with Gasteiger partial charge in [-0.3, -0.25) is 14.7 Å². The molecule has 2 aliphatic heterocycles. The first-order chi connectivity index (χ1) is 14.4. The second-order valence-electron chi connectivity index (χ2n) is 8.05. The van der Waals surface area contributed by atoms with Crippen LogP contribution in [0.15, 0.2) is 53.7 Å². The average molecular weight is 429 g/mol. The van der Waals surface area contributed by atoms with Crippen LogP contribution in [0, 0.1) is 6.92 Å². The van der Waals surface area contributed by atoms with E-state index in [0.29, 0.717) is 32.5 Å². The fourth-order valence-corrected chi connectivity index (χ4v) is 5.86. The van der Waals surface area contributed by atoms with Gasteiger partial charge >= 0.3 is 0 Å². The third kappa shape index (κ3) is 4.40. The molecular formula is C22H28N4O3S. The van der Waals surface area contributed by atoms with Gasteiger partial charge in [0, 0.05) is 51.7 Å². The number of carbonyl (C=O) groups is 1. The zero-order valence-corrected chi connectivity index (χ0v) is 18.1. The molecule has 2 saturated heterocycles. The van der Waals surface area contributed by atoms with E-state index in [1.54, 1.807) is 30.5 Å². The van der Waals surface area contributed by atoms with Crippen LogP contribution in [0.4, 0.5) is 0 Å². The van der Waals surface area contributed by atoms with Crippen LogP contribution in [0.2, 0.25) is 0 Å². The summed E-state index contributed by atoms with van der Waals surface area (Å²) in [4.78, 5) is 21.7. The quantitative estimate of drug-likeness (QED) is 0.727. The maximum Gasteiger partial charge on any atom is 0.243 e. The van der Waals surface area contributed by atoms with E-state index in [2.05, 4.69) is 16.0 Å². The maximum atomic E-state index is 13.2. The summed E-state index contributed by atoms with van der Waals surface area (Å²) in [5.74, 6) is -0.0655. The number of benzene rings is 1. The number of carbonyl (C=O) groups excluding carboxylic acids is 1. The van der Waals surface area contributed by atoms with E-state index in [-0.39, 0.29) is 10.8 Å². The highest BCUT2D eigenvalue weighted by atomic mass is 32.2. The molecule has 2 aliphatic rings. The van der Waals surface area contributed by atoms with Crippen LogP contribution in [0.5, 0.6) is 0 Å². The number of pyridine rings is 1. The minimum Gasteiger partial charge on any atom is -0.339 e. The number of piperazine rings is 1. The first kappa shape index (κ1) is 21.0. The normalized spacial score (nSPS) is 21.1. The molecule has 0 radical (unpaired) electrons. The predicted molar refractivity (Wildman–Crippen MR) is 114 cm³/mol. The van der Waals surface area contributed by atoms with E-state index >= 15 is 0 Å². The fourth-order valence-electron chi connectivity index (χ4n) is 4.21. The summed E-state index contributed by atoms with van der Waals surface area (Å²) in [6.07, 6.45) is 4.92. The molecule has 7 nitrogen and oxygen atoms in total. The fraction of sp³-hybridized carbons (Fsp3) is 0.455. The molecule has 2 fully saturated rings. The van der Waals surface area contributed by atoms with E-state index < -0.39 is 16.1 Å². The largest absolute Gasteiger partial charge is 0.339 e. The minimum absolute atomic E-state index is 0.0655. The zero-order valence-electron chi connectivity index (χ0n) is 17.3. The standard InChI is InChI=1S/C22H28N4O3S/c1-18-6-8-20(9-7-18)30(28,29)26-11-3-5-21(26)22(27)25-14-12-24(13-15-25)17-19-4-2-10-23-16-19/h2,4,6-10,16,21H,3,5,11-15,17H2,1H3/t21-/m0/s1. The molecule has 1 amide bonds. The molecule has 0 unspecified atom stereocenters. The first-order valence-electron chi connectivity index (χ1n) is 10.4. The Bertz CT molecular complexity index is 971. The van der Waals surface area contributed by atoms with Crippen LogP contribution in [0.25, 0.3) is 0 Å². The number of rotatable bonds is 5. The Morgan fingerprint density at radius 2 is 1.80 bits per heavy atom. The lowest BCUT2D eigenvalue weighted by molar-refractivity contribution is -0.136. The Morgan fingerprint density at radius 1 is 1.07 bits per heavy atom. The van der Waals surface area contributed by atoms with E-state index in [0.717, 1.165) is 30.8 Å². The van der Waals surface area contributed by atoms with E-state index in [9.17, 15) is 13.2 Å². The average Bonchev–Trinajstić information content (AvgIpc) is 3.26. The summed E-state index contributed by atoms with van der Waals surface area (Å²) in [6, 6.07) is 10.2. The van der Waals surface area contributed by atoms with Gasteiger partial charge in [0.05, 0.1) is 4.90 Å². The molecule has 4 rings (SSSR count). The Balaban J connectivity index is 1.40. The van der Waals surface area contributed by atoms with Crippen molar-refractivity contribution >= 4 is 15.9 Å². The van der Waals surface area contributed by atoms with Gasteiger partial charge < -0.3 is 4.90 Å². The van der Waals surface area contributed by atoms with Crippen molar-refractivity contribution in [2.75, 3.05) is 32.7 Å². The van der Waals surface area contributed by atoms with Crippen LogP contribution in [-0.2, 0) is 21.4 Å². The summed E-state index contributed by atoms with van der Waals surface area (Å²) >= 11 is 0. The number of hydrogen-bond acceptors (Lipinski definition) is 5. The SMILES string of the molecule is Cc1ccc(S(=O)(=O)N2CCC[C@H]2C(=O)N2CCN(Cc3cccnc3)CC2)cc1. The molecule has 0 bridgehead atoms. The lowest BCUT2D eigenvalue weighted by Gasteiger charge is -2.37. The summed E-state index contributed by atoms with van der Waals surface area (Å²) in [7, 11) is -3.67. The molecule has 2 aromatic rings. The zero-order chi connectivity index (χ0) is 21.1. The smallest absolute Gasteiger partial charge is 0.243 e. The van der Waals surface area contributed by atoms with Crippen molar-refractivity contribution in [2.45, 2.75) is 37.2 Å². The number of hydrogen-bond donors (Lipinski definition) is 0. The Hall–Kier alpha value is -2.29. The molecular weight excluding hydrogens is 400 g/mol. The monoisotopic (exact) mass is 428 g/mol. The number of aromatic nitrogens is 1. The molecule has 0 N–H and O–H groups in total. The number of amides is 1. The second kappa shape index (κ2) is 8.83. The van der Waals surface area contributed by atoms with E-state index in [1.807, 2.05) is 24.1 Å². The van der Waals surface area contributed by atoms with Crippen molar-refractivity contribution < 1.29 is 13.2 Å². The Labute approximate surface area is 178 Å². The molecule has 0 spiro atoms. The van der Waals surface area contributed by atoms with Crippen LogP contribution in [0.3, 0.4) is 0 Å². The highest BCUT2D eigenvalue weighted by molar-refractivity contribution is 7.89. The molecule has 1 atom stereocenters. The number of sulfonamides is 1. The van der Waals surface area contributed by atoms with Gasteiger partial charge in [0.25, 0.3) is 0 Å². The van der Waals surface area contributed by atoms with Gasteiger partial charge in [0.2, 0.25) is 15.9 Å². The van der Waals surface area contributed by atoms with Gasteiger partial charge in [-0.05, 0) is 43.5 Å². The van der Waals surface area contributed by atoms with Crippen LogP contribution in [-0.4, -0.2) is 72.2 Å². The first-order valence-corrected chi connectivity index (χ1v) is 11.9. The summed E-state index contributed by atoms with van der Waals surface area (Å²) in [5.41, 5.74) is 2.16. The van der Waals surface area contributed by atoms with Crippen LogP contribution >= 0.6 is 0 Å². The van der Waals surface area contributed by atoms with Gasteiger partial charge in [-0.15, -0.1) is 0 Å². The lowest BCUT2D eigenvalue weighted by Crippen LogP contribution is -2.54. The highest BCUT2D eigenvalue weighted by Crippen LogP contribution is 2.28. The molecule has 1 aromatic carbocycles. The van der Waals surface area contributed by atoms with Gasteiger partial charge in [0.15, 0.2) is 0 Å². The summed E-state index contributed by atoms with van der Waals surface area (Å²) < 4.78 is 27.7. The third-order valence-electron chi connectivity index (χ3n) is 5.93. The molecule has 1 aromatic heterocycles.